The zero-order chi connectivity index (χ0) is 28.7. The second-order valence-electron chi connectivity index (χ2n) is 10.7. The number of piperazine rings is 1. The molecule has 1 N–H and O–H groups in total. The molecule has 0 unspecified atom stereocenters. The molecular formula is C29H31F2N5O3S. The second-order valence-corrected chi connectivity index (χ2v) is 12.3. The van der Waals surface area contributed by atoms with E-state index < -0.39 is 26.6 Å². The number of hydrogen-bond acceptors (Lipinski definition) is 7. The number of sulfonamides is 1. The van der Waals surface area contributed by atoms with Gasteiger partial charge in [-0.3, -0.25) is 14.6 Å². The fourth-order valence-electron chi connectivity index (χ4n) is 4.94. The minimum atomic E-state index is -4.40. The number of fused-ring (bicyclic) bond motifs is 1. The van der Waals surface area contributed by atoms with Crippen molar-refractivity contribution in [2.75, 3.05) is 42.9 Å². The minimum absolute atomic E-state index is 0.00899. The van der Waals surface area contributed by atoms with Crippen LogP contribution in [-0.2, 0) is 10.0 Å². The SMILES string of the molecule is COc1ncc(-c2ccc3nccc(N4CCN(C(C)(C)C)CC4)c3c2)cc1NS(=O)(=O)c1ccc(F)cc1F. The van der Waals surface area contributed by atoms with Gasteiger partial charge in [-0.15, -0.1) is 0 Å². The fraction of sp³-hybridized carbons (Fsp3) is 0.310. The van der Waals surface area contributed by atoms with Crippen molar-refractivity contribution in [1.29, 1.82) is 0 Å². The van der Waals surface area contributed by atoms with E-state index in [-0.39, 0.29) is 17.1 Å². The number of ether oxygens (including phenoxy) is 1. The molecule has 40 heavy (non-hydrogen) atoms. The molecule has 3 heterocycles. The lowest BCUT2D eigenvalue weighted by atomic mass is 10.0. The molecule has 5 rings (SSSR count). The van der Waals surface area contributed by atoms with Crippen molar-refractivity contribution in [1.82, 2.24) is 14.9 Å². The molecule has 11 heteroatoms. The number of nitrogens with zero attached hydrogens (tertiary/aromatic N) is 4. The summed E-state index contributed by atoms with van der Waals surface area (Å²) >= 11 is 0. The number of halogens is 2. The van der Waals surface area contributed by atoms with Crippen LogP contribution in [0.1, 0.15) is 20.8 Å². The molecule has 4 aromatic rings. The van der Waals surface area contributed by atoms with Gasteiger partial charge in [-0.2, -0.15) is 0 Å². The number of benzene rings is 2. The summed E-state index contributed by atoms with van der Waals surface area (Å²) in [6, 6.07) is 11.7. The fourth-order valence-corrected chi connectivity index (χ4v) is 6.05. The van der Waals surface area contributed by atoms with Crippen molar-refractivity contribution in [2.45, 2.75) is 31.2 Å². The van der Waals surface area contributed by atoms with Crippen molar-refractivity contribution in [2.24, 2.45) is 0 Å². The second kappa shape index (κ2) is 10.6. The number of rotatable bonds is 6. The van der Waals surface area contributed by atoms with Gasteiger partial charge in [-0.1, -0.05) is 6.07 Å². The van der Waals surface area contributed by atoms with Gasteiger partial charge < -0.3 is 9.64 Å². The van der Waals surface area contributed by atoms with Gasteiger partial charge in [0.2, 0.25) is 5.88 Å². The van der Waals surface area contributed by atoms with Gasteiger partial charge in [-0.25, -0.2) is 22.2 Å². The number of pyridine rings is 2. The molecule has 0 aliphatic carbocycles. The number of anilines is 2. The predicted octanol–water partition coefficient (Wildman–Crippen LogP) is 5.30. The standard InChI is InChI=1S/C29H31F2N5O3S/c1-29(2,3)36-13-11-35(12-14-36)26-9-10-32-24-7-5-19(15-22(24)26)20-16-25(28(39-4)33-18-20)34-40(37,38)27-8-6-21(30)17-23(27)31/h5-10,15-18,34H,11-14H2,1-4H3. The minimum Gasteiger partial charge on any atom is -0.480 e. The number of methoxy groups -OCH3 is 1. The molecule has 0 spiro atoms. The van der Waals surface area contributed by atoms with Crippen molar-refractivity contribution in [3.63, 3.8) is 0 Å². The average Bonchev–Trinajstić information content (AvgIpc) is 2.91. The molecule has 1 aliphatic rings. The summed E-state index contributed by atoms with van der Waals surface area (Å²) in [5, 5.41) is 0.968. The predicted molar refractivity (Wildman–Crippen MR) is 152 cm³/mol. The van der Waals surface area contributed by atoms with Crippen LogP contribution in [0, 0.1) is 11.6 Å². The van der Waals surface area contributed by atoms with Gasteiger partial charge >= 0.3 is 0 Å². The Bertz CT molecular complexity index is 1670. The van der Waals surface area contributed by atoms with E-state index in [1.54, 1.807) is 12.3 Å². The van der Waals surface area contributed by atoms with Crippen molar-refractivity contribution in [3.05, 3.63) is 72.6 Å². The Morgan fingerprint density at radius 3 is 2.35 bits per heavy atom. The summed E-state index contributed by atoms with van der Waals surface area (Å²) in [7, 11) is -3.04. The van der Waals surface area contributed by atoms with Gasteiger partial charge in [-0.05, 0) is 62.7 Å². The summed E-state index contributed by atoms with van der Waals surface area (Å²) in [6.07, 6.45) is 3.39. The smallest absolute Gasteiger partial charge is 0.264 e. The summed E-state index contributed by atoms with van der Waals surface area (Å²) in [4.78, 5) is 13.0. The highest BCUT2D eigenvalue weighted by molar-refractivity contribution is 7.92. The Hall–Kier alpha value is -3.83. The van der Waals surface area contributed by atoms with Gasteiger partial charge in [0, 0.05) is 66.8 Å². The Morgan fingerprint density at radius 2 is 1.68 bits per heavy atom. The van der Waals surface area contributed by atoms with Gasteiger partial charge in [0.05, 0.1) is 12.6 Å². The molecule has 8 nitrogen and oxygen atoms in total. The highest BCUT2D eigenvalue weighted by Crippen LogP contribution is 2.34. The van der Waals surface area contributed by atoms with E-state index in [9.17, 15) is 17.2 Å². The maximum Gasteiger partial charge on any atom is 0.264 e. The molecule has 210 valence electrons. The Labute approximate surface area is 232 Å². The monoisotopic (exact) mass is 567 g/mol. The Morgan fingerprint density at radius 1 is 0.925 bits per heavy atom. The first-order chi connectivity index (χ1) is 19.0. The average molecular weight is 568 g/mol. The Kier molecular flexibility index (Phi) is 7.36. The van der Waals surface area contributed by atoms with Crippen LogP contribution in [0.15, 0.2) is 65.8 Å². The number of aromatic nitrogens is 2. The molecular weight excluding hydrogens is 536 g/mol. The molecule has 1 saturated heterocycles. The van der Waals surface area contributed by atoms with Crippen molar-refractivity contribution >= 4 is 32.3 Å². The number of nitrogens with one attached hydrogen (secondary N) is 1. The Balaban J connectivity index is 1.49. The largest absolute Gasteiger partial charge is 0.480 e. The van der Waals surface area contributed by atoms with Crippen molar-refractivity contribution < 1.29 is 21.9 Å². The third-order valence-electron chi connectivity index (χ3n) is 7.09. The molecule has 2 aromatic carbocycles. The molecule has 0 atom stereocenters. The van der Waals surface area contributed by atoms with E-state index >= 15 is 0 Å². The molecule has 0 bridgehead atoms. The van der Waals surface area contributed by atoms with E-state index in [0.717, 1.165) is 60.5 Å². The third-order valence-corrected chi connectivity index (χ3v) is 8.49. The first kappa shape index (κ1) is 27.7. The van der Waals surface area contributed by atoms with Gasteiger partial charge in [0.1, 0.15) is 22.2 Å². The maximum absolute atomic E-state index is 14.3. The van der Waals surface area contributed by atoms with Gasteiger partial charge in [0.25, 0.3) is 10.0 Å². The quantitative estimate of drug-likeness (QED) is 0.338. The van der Waals surface area contributed by atoms with Crippen LogP contribution in [-0.4, -0.2) is 62.1 Å². The van der Waals surface area contributed by atoms with E-state index in [1.807, 2.05) is 30.5 Å². The summed E-state index contributed by atoms with van der Waals surface area (Å²) in [6.45, 7) is 10.4. The lowest BCUT2D eigenvalue weighted by molar-refractivity contribution is 0.128. The summed E-state index contributed by atoms with van der Waals surface area (Å²) in [5.41, 5.74) is 3.46. The first-order valence-corrected chi connectivity index (χ1v) is 14.4. The molecule has 0 saturated carbocycles. The van der Waals surface area contributed by atoms with Crippen LogP contribution in [0.2, 0.25) is 0 Å². The van der Waals surface area contributed by atoms with Crippen LogP contribution in [0.25, 0.3) is 22.0 Å². The van der Waals surface area contributed by atoms with Crippen LogP contribution >= 0.6 is 0 Å². The highest BCUT2D eigenvalue weighted by atomic mass is 32.2. The van der Waals surface area contributed by atoms with E-state index in [1.165, 1.54) is 7.11 Å². The van der Waals surface area contributed by atoms with E-state index in [2.05, 4.69) is 45.3 Å². The topological polar surface area (TPSA) is 87.7 Å². The zero-order valence-corrected chi connectivity index (χ0v) is 23.6. The van der Waals surface area contributed by atoms with E-state index in [0.29, 0.717) is 11.6 Å². The molecule has 0 radical (unpaired) electrons. The van der Waals surface area contributed by atoms with Crippen LogP contribution < -0.4 is 14.4 Å². The van der Waals surface area contributed by atoms with Crippen LogP contribution in [0.5, 0.6) is 5.88 Å². The highest BCUT2D eigenvalue weighted by Gasteiger charge is 2.27. The summed E-state index contributed by atoms with van der Waals surface area (Å²) in [5.74, 6) is -2.07. The van der Waals surface area contributed by atoms with E-state index in [4.69, 9.17) is 4.74 Å². The normalized spacial score (nSPS) is 14.9. The molecule has 1 aliphatic heterocycles. The molecule has 1 fully saturated rings. The third kappa shape index (κ3) is 5.57. The lowest BCUT2D eigenvalue weighted by Gasteiger charge is -2.43. The summed E-state index contributed by atoms with van der Waals surface area (Å²) < 4.78 is 61.1. The lowest BCUT2D eigenvalue weighted by Crippen LogP contribution is -2.53. The number of hydrogen-bond donors (Lipinski definition) is 1. The molecule has 0 amide bonds. The zero-order valence-electron chi connectivity index (χ0n) is 22.8. The first-order valence-electron chi connectivity index (χ1n) is 12.9. The van der Waals surface area contributed by atoms with Gasteiger partial charge in [0.15, 0.2) is 0 Å². The van der Waals surface area contributed by atoms with Crippen molar-refractivity contribution in [3.8, 4) is 17.0 Å². The maximum atomic E-state index is 14.3. The van der Waals surface area contributed by atoms with Crippen LogP contribution in [0.4, 0.5) is 20.2 Å². The van der Waals surface area contributed by atoms with Crippen LogP contribution in [0.3, 0.4) is 0 Å². The molecule has 2 aromatic heterocycles.